The van der Waals surface area contributed by atoms with E-state index in [1.54, 1.807) is 0 Å². The summed E-state index contributed by atoms with van der Waals surface area (Å²) < 4.78 is 5.58. The van der Waals surface area contributed by atoms with Crippen LogP contribution in [-0.4, -0.2) is 34.7 Å². The predicted octanol–water partition coefficient (Wildman–Crippen LogP) is 3.48. The first-order valence-corrected chi connectivity index (χ1v) is 8.76. The number of anilines is 1. The molecule has 0 bridgehead atoms. The molecule has 1 aliphatic rings. The molecule has 0 saturated heterocycles. The van der Waals surface area contributed by atoms with Gasteiger partial charge in [-0.3, -0.25) is 4.79 Å². The van der Waals surface area contributed by atoms with Crippen molar-refractivity contribution < 1.29 is 9.53 Å². The molecule has 4 rings (SSSR count). The fourth-order valence-electron chi connectivity index (χ4n) is 3.40. The number of ether oxygens (including phenoxy) is 1. The third-order valence-corrected chi connectivity index (χ3v) is 4.80. The molecule has 1 unspecified atom stereocenters. The summed E-state index contributed by atoms with van der Waals surface area (Å²) in [5, 5.41) is 8.56. The van der Waals surface area contributed by atoms with Crippen LogP contribution in [0.15, 0.2) is 42.5 Å². The van der Waals surface area contributed by atoms with Crippen LogP contribution in [0.2, 0.25) is 0 Å². The molecule has 2 N–H and O–H groups in total. The molecule has 0 aliphatic carbocycles. The molecule has 0 radical (unpaired) electrons. The second-order valence-electron chi connectivity index (χ2n) is 6.26. The molecule has 0 amide bonds. The number of aromatic amines is 1. The van der Waals surface area contributed by atoms with Gasteiger partial charge in [0.1, 0.15) is 11.6 Å². The number of carbonyl (C=O) groups excluding carboxylic acids is 1. The molecule has 1 aliphatic heterocycles. The van der Waals surface area contributed by atoms with Crippen molar-refractivity contribution in [1.82, 2.24) is 9.97 Å². The summed E-state index contributed by atoms with van der Waals surface area (Å²) in [4.78, 5) is 22.4. The lowest BCUT2D eigenvalue weighted by molar-refractivity contribution is -0.135. The Bertz CT molecular complexity index is 971. The number of fused-ring (bicyclic) bond motifs is 2. The van der Waals surface area contributed by atoms with Crippen LogP contribution in [-0.2, 0) is 4.79 Å². The fourth-order valence-corrected chi connectivity index (χ4v) is 3.40. The number of hydrogen-bond donors (Lipinski definition) is 2. The van der Waals surface area contributed by atoms with Crippen LogP contribution in [0.4, 0.5) is 5.69 Å². The second kappa shape index (κ2) is 6.29. The van der Waals surface area contributed by atoms with Gasteiger partial charge in [0, 0.05) is 30.4 Å². The number of esters is 1. The van der Waals surface area contributed by atoms with Gasteiger partial charge in [0.05, 0.1) is 16.7 Å². The lowest BCUT2D eigenvalue weighted by atomic mass is 9.92. The van der Waals surface area contributed by atoms with Gasteiger partial charge < -0.3 is 20.0 Å². The van der Waals surface area contributed by atoms with Crippen molar-refractivity contribution in [1.29, 1.82) is 5.41 Å². The van der Waals surface area contributed by atoms with Crippen molar-refractivity contribution in [2.75, 3.05) is 18.0 Å². The molecule has 132 valence electrons. The summed E-state index contributed by atoms with van der Waals surface area (Å²) in [6.07, 6.45) is 0. The van der Waals surface area contributed by atoms with Crippen molar-refractivity contribution in [3.05, 3.63) is 53.9 Å². The first kappa shape index (κ1) is 16.3. The number of nitrogens with one attached hydrogen (secondary N) is 2. The molecular formula is C20H20N4O2. The molecule has 3 aromatic rings. The van der Waals surface area contributed by atoms with Crippen LogP contribution < -0.4 is 9.64 Å². The highest BCUT2D eigenvalue weighted by molar-refractivity contribution is 6.18. The molecule has 0 saturated carbocycles. The number of imidazole rings is 1. The van der Waals surface area contributed by atoms with E-state index in [1.165, 1.54) is 0 Å². The monoisotopic (exact) mass is 348 g/mol. The topological polar surface area (TPSA) is 82.1 Å². The van der Waals surface area contributed by atoms with E-state index < -0.39 is 11.9 Å². The fraction of sp³-hybridized carbons (Fsp3) is 0.250. The third-order valence-electron chi connectivity index (χ3n) is 4.80. The molecule has 6 heteroatoms. The average molecular weight is 348 g/mol. The van der Waals surface area contributed by atoms with E-state index in [0.717, 1.165) is 29.8 Å². The Balaban J connectivity index is 1.73. The highest BCUT2D eigenvalue weighted by atomic mass is 16.5. The van der Waals surface area contributed by atoms with Gasteiger partial charge in [-0.1, -0.05) is 12.1 Å². The van der Waals surface area contributed by atoms with Crippen LogP contribution in [0.5, 0.6) is 5.75 Å². The van der Waals surface area contributed by atoms with E-state index in [0.29, 0.717) is 17.1 Å². The minimum absolute atomic E-state index is 0.210. The lowest BCUT2D eigenvalue weighted by Crippen LogP contribution is -2.32. The minimum Gasteiger partial charge on any atom is -0.425 e. The van der Waals surface area contributed by atoms with Gasteiger partial charge in [-0.2, -0.15) is 0 Å². The zero-order valence-corrected chi connectivity index (χ0v) is 14.7. The van der Waals surface area contributed by atoms with Crippen LogP contribution in [0.1, 0.15) is 31.2 Å². The highest BCUT2D eigenvalue weighted by Crippen LogP contribution is 2.35. The van der Waals surface area contributed by atoms with Gasteiger partial charge in [0.15, 0.2) is 5.92 Å². The van der Waals surface area contributed by atoms with Crippen LogP contribution in [0.25, 0.3) is 11.0 Å². The Morgan fingerprint density at radius 2 is 1.96 bits per heavy atom. The molecule has 6 nitrogen and oxygen atoms in total. The van der Waals surface area contributed by atoms with Crippen molar-refractivity contribution in [2.45, 2.75) is 19.8 Å². The van der Waals surface area contributed by atoms with Gasteiger partial charge in [-0.25, -0.2) is 4.98 Å². The Kier molecular flexibility index (Phi) is 3.95. The number of para-hydroxylation sites is 2. The van der Waals surface area contributed by atoms with Gasteiger partial charge in [0.25, 0.3) is 0 Å². The largest absolute Gasteiger partial charge is 0.425 e. The molecule has 0 fully saturated rings. The average Bonchev–Trinajstić information content (AvgIpc) is 3.06. The number of nitrogens with zero attached hydrogens (tertiary/aromatic N) is 2. The first-order chi connectivity index (χ1) is 12.6. The maximum Gasteiger partial charge on any atom is 0.328 e. The maximum atomic E-state index is 12.6. The Morgan fingerprint density at radius 1 is 1.19 bits per heavy atom. The zero-order valence-electron chi connectivity index (χ0n) is 14.7. The van der Waals surface area contributed by atoms with E-state index in [4.69, 9.17) is 10.1 Å². The summed E-state index contributed by atoms with van der Waals surface area (Å²) >= 11 is 0. The van der Waals surface area contributed by atoms with E-state index in [-0.39, 0.29) is 5.71 Å². The van der Waals surface area contributed by atoms with Crippen molar-refractivity contribution in [3.8, 4) is 5.75 Å². The number of rotatable bonds is 4. The Labute approximate surface area is 151 Å². The number of hydrogen-bond acceptors (Lipinski definition) is 5. The number of benzene rings is 2. The molecule has 0 spiro atoms. The number of aromatic nitrogens is 2. The zero-order chi connectivity index (χ0) is 18.3. The SMILES string of the molecule is CCN(CC)c1ccc2c(c1)OC(=O)C(c1nc3ccccc3[nH]1)C2=N. The number of carbonyl (C=O) groups is 1. The molecule has 1 aromatic heterocycles. The normalized spacial score (nSPS) is 16.5. The maximum absolute atomic E-state index is 12.6. The number of H-pyrrole nitrogens is 1. The summed E-state index contributed by atoms with van der Waals surface area (Å²) in [5.41, 5.74) is 3.43. The van der Waals surface area contributed by atoms with E-state index in [1.807, 2.05) is 42.5 Å². The van der Waals surface area contributed by atoms with Crippen LogP contribution >= 0.6 is 0 Å². The van der Waals surface area contributed by atoms with Gasteiger partial charge in [-0.15, -0.1) is 0 Å². The van der Waals surface area contributed by atoms with E-state index >= 15 is 0 Å². The van der Waals surface area contributed by atoms with Gasteiger partial charge in [-0.05, 0) is 38.1 Å². The summed E-state index contributed by atoms with van der Waals surface area (Å²) in [7, 11) is 0. The van der Waals surface area contributed by atoms with Crippen LogP contribution in [0, 0.1) is 5.41 Å². The van der Waals surface area contributed by atoms with Crippen molar-refractivity contribution in [2.24, 2.45) is 0 Å². The van der Waals surface area contributed by atoms with Gasteiger partial charge in [0.2, 0.25) is 0 Å². The smallest absolute Gasteiger partial charge is 0.328 e. The first-order valence-electron chi connectivity index (χ1n) is 8.76. The standard InChI is InChI=1S/C20H20N4O2/c1-3-24(4-2)12-9-10-13-16(11-12)26-20(25)17(18(13)21)19-22-14-7-5-6-8-15(14)23-19/h5-11,17,21H,3-4H2,1-2H3,(H,22,23). The molecular weight excluding hydrogens is 328 g/mol. The van der Waals surface area contributed by atoms with Gasteiger partial charge >= 0.3 is 5.97 Å². The Morgan fingerprint density at radius 3 is 2.69 bits per heavy atom. The van der Waals surface area contributed by atoms with Crippen molar-refractivity contribution in [3.63, 3.8) is 0 Å². The molecule has 2 heterocycles. The van der Waals surface area contributed by atoms with Crippen molar-refractivity contribution >= 4 is 28.4 Å². The minimum atomic E-state index is -0.839. The third kappa shape index (κ3) is 2.54. The highest BCUT2D eigenvalue weighted by Gasteiger charge is 2.37. The molecule has 26 heavy (non-hydrogen) atoms. The summed E-state index contributed by atoms with van der Waals surface area (Å²) in [6.45, 7) is 5.88. The Hall–Kier alpha value is -3.15. The predicted molar refractivity (Wildman–Crippen MR) is 101 cm³/mol. The quantitative estimate of drug-likeness (QED) is 0.559. The molecule has 1 atom stereocenters. The van der Waals surface area contributed by atoms with Crippen LogP contribution in [0.3, 0.4) is 0 Å². The summed E-state index contributed by atoms with van der Waals surface area (Å²) in [6, 6.07) is 13.2. The van der Waals surface area contributed by atoms with E-state index in [2.05, 4.69) is 28.7 Å². The second-order valence-corrected chi connectivity index (χ2v) is 6.26. The summed E-state index contributed by atoms with van der Waals surface area (Å²) in [5.74, 6) is -0.427. The molecule has 2 aromatic carbocycles. The van der Waals surface area contributed by atoms with E-state index in [9.17, 15) is 4.79 Å². The lowest BCUT2D eigenvalue weighted by Gasteiger charge is -2.26.